The van der Waals surface area contributed by atoms with E-state index in [2.05, 4.69) is 15.2 Å². The Labute approximate surface area is 89.2 Å². The van der Waals surface area contributed by atoms with Gasteiger partial charge in [0.2, 0.25) is 0 Å². The number of likely N-dealkylation sites (tertiary alicyclic amines) is 1. The van der Waals surface area contributed by atoms with Gasteiger partial charge in [0, 0.05) is 26.2 Å². The van der Waals surface area contributed by atoms with Crippen molar-refractivity contribution in [3.63, 3.8) is 0 Å². The highest BCUT2D eigenvalue weighted by molar-refractivity contribution is 5.81. The molecule has 0 radical (unpaired) electrons. The fourth-order valence-corrected chi connectivity index (χ4v) is 2.07. The Hall–Kier alpha value is -1.26. The van der Waals surface area contributed by atoms with Gasteiger partial charge >= 0.3 is 5.97 Å². The van der Waals surface area contributed by atoms with E-state index in [4.69, 9.17) is 5.11 Å². The molecule has 5 nitrogen and oxygen atoms in total. The fraction of sp³-hybridized carbons (Fsp3) is 0.800. The van der Waals surface area contributed by atoms with Crippen molar-refractivity contribution in [3.8, 4) is 0 Å². The zero-order chi connectivity index (χ0) is 10.7. The van der Waals surface area contributed by atoms with E-state index in [1.807, 2.05) is 0 Å². The van der Waals surface area contributed by atoms with Crippen LogP contribution in [-0.4, -0.2) is 48.1 Å². The summed E-state index contributed by atoms with van der Waals surface area (Å²) in [5.74, 6) is 0.142. The van der Waals surface area contributed by atoms with Crippen molar-refractivity contribution in [1.82, 2.24) is 10.2 Å². The molecule has 0 aromatic rings. The van der Waals surface area contributed by atoms with Crippen molar-refractivity contribution in [1.29, 1.82) is 0 Å². The minimum Gasteiger partial charge on any atom is -0.481 e. The molecular weight excluding hydrogens is 194 g/mol. The predicted octanol–water partition coefficient (Wildman–Crippen LogP) is 0.132. The van der Waals surface area contributed by atoms with E-state index in [9.17, 15) is 4.79 Å². The third-order valence-corrected chi connectivity index (χ3v) is 3.02. The third kappa shape index (κ3) is 2.40. The van der Waals surface area contributed by atoms with Crippen LogP contribution >= 0.6 is 0 Å². The van der Waals surface area contributed by atoms with Crippen LogP contribution in [0, 0.1) is 5.92 Å². The van der Waals surface area contributed by atoms with Gasteiger partial charge in [0.05, 0.1) is 5.92 Å². The number of hydrogen-bond donors (Lipinski definition) is 2. The lowest BCUT2D eigenvalue weighted by Gasteiger charge is -2.33. The number of piperidine rings is 1. The highest BCUT2D eigenvalue weighted by atomic mass is 16.4. The van der Waals surface area contributed by atoms with Crippen molar-refractivity contribution in [3.05, 3.63) is 0 Å². The first-order valence-electron chi connectivity index (χ1n) is 5.53. The van der Waals surface area contributed by atoms with E-state index in [-0.39, 0.29) is 5.92 Å². The molecule has 0 atom stereocenters. The molecule has 2 aliphatic rings. The van der Waals surface area contributed by atoms with E-state index in [0.29, 0.717) is 0 Å². The summed E-state index contributed by atoms with van der Waals surface area (Å²) in [6.45, 7) is 3.49. The Morgan fingerprint density at radius 1 is 1.47 bits per heavy atom. The van der Waals surface area contributed by atoms with Crippen LogP contribution in [0.15, 0.2) is 4.99 Å². The lowest BCUT2D eigenvalue weighted by atomic mass is 9.97. The Morgan fingerprint density at radius 2 is 2.20 bits per heavy atom. The molecule has 0 spiro atoms. The highest BCUT2D eigenvalue weighted by Crippen LogP contribution is 2.17. The molecule has 2 heterocycles. The fourth-order valence-electron chi connectivity index (χ4n) is 2.07. The Morgan fingerprint density at radius 3 is 2.73 bits per heavy atom. The van der Waals surface area contributed by atoms with E-state index in [0.717, 1.165) is 51.4 Å². The maximum atomic E-state index is 10.8. The van der Waals surface area contributed by atoms with Crippen molar-refractivity contribution >= 4 is 11.9 Å². The number of carboxylic acids is 1. The van der Waals surface area contributed by atoms with Crippen LogP contribution in [0.1, 0.15) is 19.3 Å². The average molecular weight is 211 g/mol. The van der Waals surface area contributed by atoms with Crippen molar-refractivity contribution in [2.75, 3.05) is 26.2 Å². The normalized spacial score (nSPS) is 23.2. The van der Waals surface area contributed by atoms with Crippen LogP contribution in [0.2, 0.25) is 0 Å². The molecule has 0 amide bonds. The van der Waals surface area contributed by atoms with Gasteiger partial charge in [-0.3, -0.25) is 9.79 Å². The quantitative estimate of drug-likeness (QED) is 0.647. The molecule has 0 saturated carbocycles. The molecule has 0 unspecified atom stereocenters. The maximum Gasteiger partial charge on any atom is 0.306 e. The lowest BCUT2D eigenvalue weighted by Crippen LogP contribution is -2.48. The number of nitrogens with zero attached hydrogens (tertiary/aromatic N) is 2. The van der Waals surface area contributed by atoms with Gasteiger partial charge in [-0.25, -0.2) is 0 Å². The van der Waals surface area contributed by atoms with Crippen LogP contribution < -0.4 is 5.32 Å². The summed E-state index contributed by atoms with van der Waals surface area (Å²) >= 11 is 0. The number of aliphatic carboxylic acids is 1. The second-order valence-electron chi connectivity index (χ2n) is 4.09. The highest BCUT2D eigenvalue weighted by Gasteiger charge is 2.26. The number of carbonyl (C=O) groups is 1. The smallest absolute Gasteiger partial charge is 0.306 e. The molecule has 84 valence electrons. The van der Waals surface area contributed by atoms with Crippen LogP contribution in [0.25, 0.3) is 0 Å². The molecule has 2 aliphatic heterocycles. The predicted molar refractivity (Wildman–Crippen MR) is 56.9 cm³/mol. The zero-order valence-electron chi connectivity index (χ0n) is 8.78. The summed E-state index contributed by atoms with van der Waals surface area (Å²) in [4.78, 5) is 17.3. The molecule has 1 saturated heterocycles. The van der Waals surface area contributed by atoms with Crippen molar-refractivity contribution in [2.45, 2.75) is 19.3 Å². The number of nitrogens with one attached hydrogen (secondary N) is 1. The van der Waals surface area contributed by atoms with Gasteiger partial charge in [0.1, 0.15) is 0 Å². The first kappa shape index (κ1) is 10.3. The lowest BCUT2D eigenvalue weighted by molar-refractivity contribution is -0.143. The average Bonchev–Trinajstić information content (AvgIpc) is 2.30. The van der Waals surface area contributed by atoms with Crippen LogP contribution in [0.4, 0.5) is 0 Å². The molecule has 0 aromatic heterocycles. The van der Waals surface area contributed by atoms with Gasteiger partial charge in [-0.1, -0.05) is 0 Å². The molecular formula is C10H17N3O2. The minimum absolute atomic E-state index is 0.162. The molecule has 2 N–H and O–H groups in total. The van der Waals surface area contributed by atoms with E-state index >= 15 is 0 Å². The largest absolute Gasteiger partial charge is 0.481 e. The first-order chi connectivity index (χ1) is 7.27. The van der Waals surface area contributed by atoms with Gasteiger partial charge in [0.15, 0.2) is 5.96 Å². The summed E-state index contributed by atoms with van der Waals surface area (Å²) < 4.78 is 0. The van der Waals surface area contributed by atoms with E-state index < -0.39 is 5.97 Å². The van der Waals surface area contributed by atoms with Crippen LogP contribution in [0.5, 0.6) is 0 Å². The Bertz CT molecular complexity index is 270. The number of hydrogen-bond acceptors (Lipinski definition) is 4. The number of aliphatic imine (C=N–C) groups is 1. The molecule has 0 aromatic carbocycles. The summed E-state index contributed by atoms with van der Waals surface area (Å²) in [6, 6.07) is 0. The summed E-state index contributed by atoms with van der Waals surface area (Å²) in [7, 11) is 0. The second kappa shape index (κ2) is 4.51. The first-order valence-corrected chi connectivity index (χ1v) is 5.53. The van der Waals surface area contributed by atoms with E-state index in [1.54, 1.807) is 0 Å². The van der Waals surface area contributed by atoms with Gasteiger partial charge < -0.3 is 15.3 Å². The third-order valence-electron chi connectivity index (χ3n) is 3.02. The molecule has 5 heteroatoms. The standard InChI is InChI=1S/C10H17N3O2/c14-9(15)8-2-6-13(7-3-8)10-11-4-1-5-12-10/h8H,1-7H2,(H,11,12)(H,14,15). The Kier molecular flexibility index (Phi) is 3.08. The van der Waals surface area contributed by atoms with Gasteiger partial charge in [-0.15, -0.1) is 0 Å². The topological polar surface area (TPSA) is 64.9 Å². The maximum absolute atomic E-state index is 10.8. The van der Waals surface area contributed by atoms with Crippen LogP contribution in [-0.2, 0) is 4.79 Å². The summed E-state index contributed by atoms with van der Waals surface area (Å²) in [5.41, 5.74) is 0. The van der Waals surface area contributed by atoms with Crippen molar-refractivity contribution < 1.29 is 9.90 Å². The summed E-state index contributed by atoms with van der Waals surface area (Å²) in [6.07, 6.45) is 2.56. The van der Waals surface area contributed by atoms with Gasteiger partial charge in [-0.2, -0.15) is 0 Å². The van der Waals surface area contributed by atoms with Crippen molar-refractivity contribution in [2.24, 2.45) is 10.9 Å². The Balaban J connectivity index is 1.87. The second-order valence-corrected chi connectivity index (χ2v) is 4.09. The SMILES string of the molecule is O=C(O)C1CCN(C2=NCCCN2)CC1. The van der Waals surface area contributed by atoms with E-state index in [1.165, 1.54) is 0 Å². The monoisotopic (exact) mass is 211 g/mol. The van der Waals surface area contributed by atoms with Gasteiger partial charge in [-0.05, 0) is 19.3 Å². The number of carboxylic acid groups (broad SMARTS) is 1. The zero-order valence-corrected chi connectivity index (χ0v) is 8.78. The molecule has 0 aliphatic carbocycles. The van der Waals surface area contributed by atoms with Crippen LogP contribution in [0.3, 0.4) is 0 Å². The molecule has 1 fully saturated rings. The number of rotatable bonds is 1. The van der Waals surface area contributed by atoms with Gasteiger partial charge in [0.25, 0.3) is 0 Å². The minimum atomic E-state index is -0.659. The molecule has 15 heavy (non-hydrogen) atoms. The molecule has 2 rings (SSSR count). The summed E-state index contributed by atoms with van der Waals surface area (Å²) in [5, 5.41) is 12.1. The molecule has 0 bridgehead atoms. The number of guanidine groups is 1.